The Balaban J connectivity index is 2.28. The number of carbonyl (C=O) groups is 1. The van der Waals surface area contributed by atoms with Gasteiger partial charge in [0.25, 0.3) is 0 Å². The minimum atomic E-state index is -0.0882. The lowest BCUT2D eigenvalue weighted by Gasteiger charge is -2.16. The van der Waals surface area contributed by atoms with Crippen molar-refractivity contribution in [1.29, 1.82) is 0 Å². The van der Waals surface area contributed by atoms with Crippen molar-refractivity contribution in [2.45, 2.75) is 13.0 Å². The Bertz CT molecular complexity index is 448. The highest BCUT2D eigenvalue weighted by molar-refractivity contribution is 7.80. The molecule has 0 heterocycles. The van der Waals surface area contributed by atoms with E-state index >= 15 is 0 Å². The SMILES string of the molecule is COc1ccc(COCC(=O)N(C)CCC(N)=S)cc1. The molecule has 0 aliphatic carbocycles. The average Bonchev–Trinajstić information content (AvgIpc) is 2.45. The third-order valence-corrected chi connectivity index (χ3v) is 2.98. The van der Waals surface area contributed by atoms with Gasteiger partial charge in [-0.15, -0.1) is 0 Å². The van der Waals surface area contributed by atoms with E-state index in [2.05, 4.69) is 0 Å². The van der Waals surface area contributed by atoms with Gasteiger partial charge < -0.3 is 20.1 Å². The van der Waals surface area contributed by atoms with Crippen LogP contribution in [0.25, 0.3) is 0 Å². The van der Waals surface area contributed by atoms with E-state index in [9.17, 15) is 4.79 Å². The van der Waals surface area contributed by atoms with E-state index in [0.717, 1.165) is 11.3 Å². The minimum Gasteiger partial charge on any atom is -0.497 e. The van der Waals surface area contributed by atoms with Gasteiger partial charge in [-0.3, -0.25) is 4.79 Å². The number of ether oxygens (including phenoxy) is 2. The molecule has 6 heteroatoms. The van der Waals surface area contributed by atoms with Crippen LogP contribution in [-0.4, -0.2) is 43.1 Å². The molecule has 0 unspecified atom stereocenters. The van der Waals surface area contributed by atoms with E-state index in [-0.39, 0.29) is 12.5 Å². The number of thiocarbonyl (C=S) groups is 1. The number of nitrogens with two attached hydrogens (primary N) is 1. The van der Waals surface area contributed by atoms with Crippen molar-refractivity contribution in [2.24, 2.45) is 5.73 Å². The normalized spacial score (nSPS) is 10.1. The molecular weight excluding hydrogens is 276 g/mol. The number of likely N-dealkylation sites (N-methyl/N-ethyl adjacent to an activating group) is 1. The average molecular weight is 296 g/mol. The molecule has 110 valence electrons. The van der Waals surface area contributed by atoms with Crippen molar-refractivity contribution in [3.8, 4) is 5.75 Å². The van der Waals surface area contributed by atoms with Crippen molar-refractivity contribution in [1.82, 2.24) is 4.90 Å². The summed E-state index contributed by atoms with van der Waals surface area (Å²) in [7, 11) is 3.32. The highest BCUT2D eigenvalue weighted by Gasteiger charge is 2.08. The number of nitrogens with zero attached hydrogens (tertiary/aromatic N) is 1. The smallest absolute Gasteiger partial charge is 0.248 e. The largest absolute Gasteiger partial charge is 0.497 e. The van der Waals surface area contributed by atoms with Crippen LogP contribution in [0.2, 0.25) is 0 Å². The van der Waals surface area contributed by atoms with E-state index in [1.165, 1.54) is 0 Å². The predicted molar refractivity (Wildman–Crippen MR) is 81.7 cm³/mol. The third kappa shape index (κ3) is 5.99. The van der Waals surface area contributed by atoms with Crippen molar-refractivity contribution in [3.05, 3.63) is 29.8 Å². The molecule has 1 amide bonds. The molecule has 0 atom stereocenters. The number of hydrogen-bond donors (Lipinski definition) is 1. The summed E-state index contributed by atoms with van der Waals surface area (Å²) in [5.41, 5.74) is 6.38. The van der Waals surface area contributed by atoms with Crippen LogP contribution >= 0.6 is 12.2 Å². The summed E-state index contributed by atoms with van der Waals surface area (Å²) < 4.78 is 10.5. The number of carbonyl (C=O) groups excluding carboxylic acids is 1. The summed E-state index contributed by atoms with van der Waals surface area (Å²) in [4.78, 5) is 13.7. The van der Waals surface area contributed by atoms with Gasteiger partial charge in [-0.1, -0.05) is 24.4 Å². The Morgan fingerprint density at radius 1 is 1.35 bits per heavy atom. The molecule has 2 N–H and O–H groups in total. The van der Waals surface area contributed by atoms with Crippen molar-refractivity contribution < 1.29 is 14.3 Å². The van der Waals surface area contributed by atoms with E-state index in [1.807, 2.05) is 24.3 Å². The van der Waals surface area contributed by atoms with Crippen LogP contribution in [0.1, 0.15) is 12.0 Å². The number of amides is 1. The molecule has 0 aliphatic heterocycles. The molecule has 0 radical (unpaired) electrons. The second kappa shape index (κ2) is 8.50. The zero-order chi connectivity index (χ0) is 15.0. The van der Waals surface area contributed by atoms with Gasteiger partial charge in [-0.25, -0.2) is 0 Å². The van der Waals surface area contributed by atoms with Gasteiger partial charge in [0.1, 0.15) is 12.4 Å². The number of benzene rings is 1. The topological polar surface area (TPSA) is 64.8 Å². The first-order valence-corrected chi connectivity index (χ1v) is 6.66. The lowest BCUT2D eigenvalue weighted by atomic mass is 10.2. The fourth-order valence-electron chi connectivity index (χ4n) is 1.49. The van der Waals surface area contributed by atoms with Crippen LogP contribution in [0.5, 0.6) is 5.75 Å². The summed E-state index contributed by atoms with van der Waals surface area (Å²) in [5.74, 6) is 0.706. The summed E-state index contributed by atoms with van der Waals surface area (Å²) in [6, 6.07) is 7.52. The maximum atomic E-state index is 11.7. The first kappa shape index (κ1) is 16.4. The molecule has 0 aromatic heterocycles. The molecular formula is C14H20N2O3S. The van der Waals surface area contributed by atoms with Crippen LogP contribution < -0.4 is 10.5 Å². The zero-order valence-electron chi connectivity index (χ0n) is 11.8. The molecule has 0 spiro atoms. The Labute approximate surface area is 124 Å². The molecule has 5 nitrogen and oxygen atoms in total. The standard InChI is InChI=1S/C14H20N2O3S/c1-16(8-7-13(15)20)14(17)10-19-9-11-3-5-12(18-2)6-4-11/h3-6H,7-10H2,1-2H3,(H2,15,20). The van der Waals surface area contributed by atoms with Gasteiger partial charge in [0, 0.05) is 20.0 Å². The molecule has 0 aliphatic rings. The fourth-order valence-corrected chi connectivity index (χ4v) is 1.58. The second-order valence-electron chi connectivity index (χ2n) is 4.37. The molecule has 0 bridgehead atoms. The summed E-state index contributed by atoms with van der Waals surface area (Å²) in [6.07, 6.45) is 0.524. The summed E-state index contributed by atoms with van der Waals surface area (Å²) in [5, 5.41) is 0. The molecule has 20 heavy (non-hydrogen) atoms. The van der Waals surface area contributed by atoms with Gasteiger partial charge in [-0.2, -0.15) is 0 Å². The first-order valence-electron chi connectivity index (χ1n) is 6.26. The lowest BCUT2D eigenvalue weighted by Crippen LogP contribution is -2.32. The highest BCUT2D eigenvalue weighted by Crippen LogP contribution is 2.11. The van der Waals surface area contributed by atoms with Crippen molar-refractivity contribution >= 4 is 23.1 Å². The van der Waals surface area contributed by atoms with Gasteiger partial charge >= 0.3 is 0 Å². The van der Waals surface area contributed by atoms with Crippen LogP contribution in [-0.2, 0) is 16.1 Å². The molecule has 0 saturated carbocycles. The third-order valence-electron chi connectivity index (χ3n) is 2.77. The van der Waals surface area contributed by atoms with E-state index in [1.54, 1.807) is 19.1 Å². The monoisotopic (exact) mass is 296 g/mol. The van der Waals surface area contributed by atoms with Gasteiger partial charge in [0.2, 0.25) is 5.91 Å². The molecule has 0 fully saturated rings. The predicted octanol–water partition coefficient (Wildman–Crippen LogP) is 1.35. The van der Waals surface area contributed by atoms with Crippen LogP contribution in [0.15, 0.2) is 24.3 Å². The van der Waals surface area contributed by atoms with Gasteiger partial charge in [-0.05, 0) is 17.7 Å². The van der Waals surface area contributed by atoms with Crippen molar-refractivity contribution in [3.63, 3.8) is 0 Å². The maximum absolute atomic E-state index is 11.7. The minimum absolute atomic E-state index is 0.0415. The van der Waals surface area contributed by atoms with E-state index < -0.39 is 0 Å². The molecule has 1 aromatic carbocycles. The van der Waals surface area contributed by atoms with Crippen molar-refractivity contribution in [2.75, 3.05) is 27.3 Å². The first-order chi connectivity index (χ1) is 9.52. The second-order valence-corrected chi connectivity index (χ2v) is 4.90. The van der Waals surface area contributed by atoms with Gasteiger partial charge in [0.05, 0.1) is 18.7 Å². The number of rotatable bonds is 8. The lowest BCUT2D eigenvalue weighted by molar-refractivity contribution is -0.135. The quantitative estimate of drug-likeness (QED) is 0.734. The zero-order valence-corrected chi connectivity index (χ0v) is 12.6. The maximum Gasteiger partial charge on any atom is 0.248 e. The van der Waals surface area contributed by atoms with E-state index in [4.69, 9.17) is 27.4 Å². The van der Waals surface area contributed by atoms with Crippen LogP contribution in [0.4, 0.5) is 0 Å². The Morgan fingerprint density at radius 2 is 2.00 bits per heavy atom. The number of methoxy groups -OCH3 is 1. The molecule has 0 saturated heterocycles. The fraction of sp³-hybridized carbons (Fsp3) is 0.429. The Hall–Kier alpha value is -1.66. The molecule has 1 aromatic rings. The highest BCUT2D eigenvalue weighted by atomic mass is 32.1. The van der Waals surface area contributed by atoms with Crippen LogP contribution in [0.3, 0.4) is 0 Å². The van der Waals surface area contributed by atoms with E-state index in [0.29, 0.717) is 24.6 Å². The Kier molecular flexibility index (Phi) is 6.97. The number of hydrogen-bond acceptors (Lipinski definition) is 4. The Morgan fingerprint density at radius 3 is 2.55 bits per heavy atom. The van der Waals surface area contributed by atoms with Gasteiger partial charge in [0.15, 0.2) is 0 Å². The summed E-state index contributed by atoms with van der Waals surface area (Å²) >= 11 is 4.77. The molecule has 1 rings (SSSR count). The summed E-state index contributed by atoms with van der Waals surface area (Å²) in [6.45, 7) is 0.943. The van der Waals surface area contributed by atoms with Crippen LogP contribution in [0, 0.1) is 0 Å².